The van der Waals surface area contributed by atoms with Crippen LogP contribution in [0.4, 0.5) is 5.82 Å². The number of carbonyl (C=O) groups excluding carboxylic acids is 2. The van der Waals surface area contributed by atoms with Crippen LogP contribution in [-0.4, -0.2) is 45.8 Å². The van der Waals surface area contributed by atoms with Crippen LogP contribution in [0, 0.1) is 12.8 Å². The van der Waals surface area contributed by atoms with Crippen molar-refractivity contribution in [3.05, 3.63) is 48.0 Å². The second-order valence-electron chi connectivity index (χ2n) is 7.70. The fraction of sp³-hybridized carbons (Fsp3) is 0.286. The van der Waals surface area contributed by atoms with Crippen molar-refractivity contribution in [3.63, 3.8) is 0 Å². The number of aromatic nitrogens is 3. The number of carbonyl (C=O) groups is 2. The van der Waals surface area contributed by atoms with Crippen LogP contribution in [0.25, 0.3) is 22.0 Å². The Balaban J connectivity index is 1.85. The van der Waals surface area contributed by atoms with Gasteiger partial charge in [0.05, 0.1) is 17.3 Å². The lowest BCUT2D eigenvalue weighted by Gasteiger charge is -2.16. The maximum Gasteiger partial charge on any atom is 0.230 e. The standard InChI is InChI=1S/C21H22N6O2/c1-11-4-5-24-9-13(11)16-6-12-7-17(25-10-14(12)18(22)26-16)21(20(23)29)8-15(21)19(28)27(2)3/h4-7,9-10,15H,8H2,1-3H3,(H2,22,26)(H2,23,29). The average Bonchev–Trinajstić information content (AvgIpc) is 3.44. The zero-order valence-electron chi connectivity index (χ0n) is 16.5. The zero-order valence-corrected chi connectivity index (χ0v) is 16.5. The Morgan fingerprint density at radius 2 is 2.00 bits per heavy atom. The molecule has 3 aromatic heterocycles. The van der Waals surface area contributed by atoms with Gasteiger partial charge in [0.25, 0.3) is 0 Å². The molecule has 8 heteroatoms. The van der Waals surface area contributed by atoms with E-state index in [9.17, 15) is 9.59 Å². The molecule has 2 unspecified atom stereocenters. The Kier molecular flexibility index (Phi) is 4.22. The summed E-state index contributed by atoms with van der Waals surface area (Å²) in [5.74, 6) is -0.842. The largest absolute Gasteiger partial charge is 0.383 e. The van der Waals surface area contributed by atoms with E-state index < -0.39 is 17.2 Å². The summed E-state index contributed by atoms with van der Waals surface area (Å²) in [6, 6.07) is 5.58. The first kappa shape index (κ1) is 18.8. The molecule has 0 spiro atoms. The smallest absolute Gasteiger partial charge is 0.230 e. The fourth-order valence-corrected chi connectivity index (χ4v) is 3.84. The molecule has 3 aromatic rings. The van der Waals surface area contributed by atoms with Gasteiger partial charge in [-0.3, -0.25) is 19.6 Å². The molecule has 2 atom stereocenters. The number of rotatable bonds is 4. The lowest BCUT2D eigenvalue weighted by molar-refractivity contribution is -0.132. The van der Waals surface area contributed by atoms with E-state index in [0.717, 1.165) is 16.5 Å². The van der Waals surface area contributed by atoms with Gasteiger partial charge in [0.15, 0.2) is 0 Å². The molecule has 0 aliphatic heterocycles. The topological polar surface area (TPSA) is 128 Å². The van der Waals surface area contributed by atoms with Gasteiger partial charge in [0, 0.05) is 43.6 Å². The van der Waals surface area contributed by atoms with E-state index in [1.165, 1.54) is 4.90 Å². The van der Waals surface area contributed by atoms with E-state index in [2.05, 4.69) is 15.0 Å². The van der Waals surface area contributed by atoms with Gasteiger partial charge in [-0.1, -0.05) is 0 Å². The number of nitrogen functional groups attached to an aromatic ring is 1. The highest BCUT2D eigenvalue weighted by Crippen LogP contribution is 2.54. The lowest BCUT2D eigenvalue weighted by atomic mass is 9.95. The van der Waals surface area contributed by atoms with E-state index in [-0.39, 0.29) is 5.91 Å². The predicted molar refractivity (Wildman–Crippen MR) is 110 cm³/mol. The van der Waals surface area contributed by atoms with Crippen LogP contribution in [0.5, 0.6) is 0 Å². The number of amides is 2. The maximum absolute atomic E-state index is 12.4. The Bertz CT molecular complexity index is 1160. The molecule has 3 heterocycles. The number of anilines is 1. The van der Waals surface area contributed by atoms with Crippen molar-refractivity contribution in [1.82, 2.24) is 19.9 Å². The molecule has 1 saturated carbocycles. The average molecular weight is 390 g/mol. The van der Waals surface area contributed by atoms with E-state index in [1.807, 2.05) is 19.1 Å². The summed E-state index contributed by atoms with van der Waals surface area (Å²) >= 11 is 0. The Morgan fingerprint density at radius 3 is 2.66 bits per heavy atom. The van der Waals surface area contributed by atoms with Gasteiger partial charge >= 0.3 is 0 Å². The minimum absolute atomic E-state index is 0.133. The van der Waals surface area contributed by atoms with Gasteiger partial charge in [0.2, 0.25) is 11.8 Å². The maximum atomic E-state index is 12.4. The van der Waals surface area contributed by atoms with Gasteiger partial charge < -0.3 is 16.4 Å². The first-order valence-electron chi connectivity index (χ1n) is 9.24. The molecule has 148 valence electrons. The first-order valence-corrected chi connectivity index (χ1v) is 9.24. The van der Waals surface area contributed by atoms with E-state index in [4.69, 9.17) is 11.5 Å². The molecule has 0 bridgehead atoms. The van der Waals surface area contributed by atoms with Gasteiger partial charge in [-0.25, -0.2) is 4.98 Å². The molecule has 1 fully saturated rings. The molecule has 29 heavy (non-hydrogen) atoms. The highest BCUT2D eigenvalue weighted by atomic mass is 16.2. The van der Waals surface area contributed by atoms with Crippen LogP contribution < -0.4 is 11.5 Å². The Labute approximate surface area is 168 Å². The van der Waals surface area contributed by atoms with Crippen molar-refractivity contribution in [1.29, 1.82) is 0 Å². The molecule has 2 amide bonds. The van der Waals surface area contributed by atoms with Crippen LogP contribution in [0.1, 0.15) is 17.7 Å². The van der Waals surface area contributed by atoms with Crippen LogP contribution >= 0.6 is 0 Å². The summed E-state index contributed by atoms with van der Waals surface area (Å²) in [5.41, 5.74) is 13.9. The third-order valence-electron chi connectivity index (χ3n) is 5.66. The molecule has 0 aromatic carbocycles. The van der Waals surface area contributed by atoms with Crippen molar-refractivity contribution in [2.45, 2.75) is 18.8 Å². The first-order chi connectivity index (χ1) is 13.8. The van der Waals surface area contributed by atoms with E-state index in [1.54, 1.807) is 38.8 Å². The minimum Gasteiger partial charge on any atom is -0.383 e. The van der Waals surface area contributed by atoms with Crippen LogP contribution in [-0.2, 0) is 15.0 Å². The second kappa shape index (κ2) is 6.51. The zero-order chi connectivity index (χ0) is 20.9. The summed E-state index contributed by atoms with van der Waals surface area (Å²) in [5, 5.41) is 1.46. The summed E-state index contributed by atoms with van der Waals surface area (Å²) in [4.78, 5) is 39.3. The van der Waals surface area contributed by atoms with Crippen molar-refractivity contribution < 1.29 is 9.59 Å². The van der Waals surface area contributed by atoms with Crippen molar-refractivity contribution in [2.75, 3.05) is 19.8 Å². The van der Waals surface area contributed by atoms with Crippen molar-refractivity contribution in [2.24, 2.45) is 11.7 Å². The van der Waals surface area contributed by atoms with Gasteiger partial charge in [-0.05, 0) is 42.5 Å². The quantitative estimate of drug-likeness (QED) is 0.693. The molecule has 8 nitrogen and oxygen atoms in total. The van der Waals surface area contributed by atoms with Crippen LogP contribution in [0.2, 0.25) is 0 Å². The molecular formula is C21H22N6O2. The lowest BCUT2D eigenvalue weighted by Crippen LogP contribution is -2.36. The third kappa shape index (κ3) is 2.88. The van der Waals surface area contributed by atoms with Gasteiger partial charge in [0.1, 0.15) is 11.2 Å². The SMILES string of the molecule is Cc1ccncc1-c1cc2cc(C3(C(N)=O)CC3C(=O)N(C)C)ncc2c(N)n1. The number of primary amides is 1. The monoisotopic (exact) mass is 390 g/mol. The number of fused-ring (bicyclic) bond motifs is 1. The Morgan fingerprint density at radius 1 is 1.24 bits per heavy atom. The highest BCUT2D eigenvalue weighted by molar-refractivity contribution is 6.01. The van der Waals surface area contributed by atoms with Crippen molar-refractivity contribution >= 4 is 28.4 Å². The van der Waals surface area contributed by atoms with Gasteiger partial charge in [-0.2, -0.15) is 0 Å². The fourth-order valence-electron chi connectivity index (χ4n) is 3.84. The van der Waals surface area contributed by atoms with E-state index >= 15 is 0 Å². The van der Waals surface area contributed by atoms with Gasteiger partial charge in [-0.15, -0.1) is 0 Å². The number of hydrogen-bond acceptors (Lipinski definition) is 6. The Hall–Kier alpha value is -3.55. The summed E-state index contributed by atoms with van der Waals surface area (Å²) < 4.78 is 0. The van der Waals surface area contributed by atoms with Crippen molar-refractivity contribution in [3.8, 4) is 11.3 Å². The van der Waals surface area contributed by atoms with Crippen LogP contribution in [0.3, 0.4) is 0 Å². The normalized spacial score (nSPS) is 20.4. The summed E-state index contributed by atoms with van der Waals surface area (Å²) in [6.07, 6.45) is 5.40. The molecule has 1 aliphatic rings. The molecule has 0 radical (unpaired) electrons. The molecule has 1 aliphatic carbocycles. The molecular weight excluding hydrogens is 368 g/mol. The summed E-state index contributed by atoms with van der Waals surface area (Å²) in [6.45, 7) is 1.97. The predicted octanol–water partition coefficient (Wildman–Crippen LogP) is 1.41. The highest BCUT2D eigenvalue weighted by Gasteiger charge is 2.65. The third-order valence-corrected chi connectivity index (χ3v) is 5.66. The molecule has 0 saturated heterocycles. The number of nitrogens with zero attached hydrogens (tertiary/aromatic N) is 4. The number of hydrogen-bond donors (Lipinski definition) is 2. The number of pyridine rings is 3. The molecule has 4 rings (SSSR count). The summed E-state index contributed by atoms with van der Waals surface area (Å²) in [7, 11) is 3.32. The van der Waals surface area contributed by atoms with Crippen LogP contribution in [0.15, 0.2) is 36.8 Å². The minimum atomic E-state index is -1.09. The number of aryl methyl sites for hydroxylation is 1. The molecule has 4 N–H and O–H groups in total. The van der Waals surface area contributed by atoms with E-state index in [0.29, 0.717) is 29.0 Å². The second-order valence-corrected chi connectivity index (χ2v) is 7.70. The number of nitrogens with two attached hydrogens (primary N) is 2.